The molecule has 0 spiro atoms. The van der Waals surface area contributed by atoms with Crippen LogP contribution in [0.2, 0.25) is 0 Å². The fourth-order valence-corrected chi connectivity index (χ4v) is 3.67. The van der Waals surface area contributed by atoms with Crippen molar-refractivity contribution in [1.29, 1.82) is 0 Å². The number of aryl methyl sites for hydroxylation is 1. The molecule has 1 aliphatic rings. The molecule has 0 aliphatic heterocycles. The third-order valence-electron chi connectivity index (χ3n) is 5.19. The fraction of sp³-hybridized carbons (Fsp3) is 0.737. The maximum Gasteiger partial charge on any atom is 0.241 e. The lowest BCUT2D eigenvalue weighted by molar-refractivity contribution is -0.132. The summed E-state index contributed by atoms with van der Waals surface area (Å²) in [6.45, 7) is 3.18. The molecule has 7 nitrogen and oxygen atoms in total. The summed E-state index contributed by atoms with van der Waals surface area (Å²) in [7, 11) is 7.98. The standard InChI is InChI=1S/C19H33N5O2/c1-14(25)20-11-19(26)23(4)12-15-6-8-16(9-7-15)18-10-17(13-22(2)3)24(5)21-18/h10,15-16H,6-9,11-13H2,1-5H3,(H,20,25). The third kappa shape index (κ3) is 5.83. The quantitative estimate of drug-likeness (QED) is 0.794. The zero-order valence-corrected chi connectivity index (χ0v) is 16.8. The van der Waals surface area contributed by atoms with Gasteiger partial charge in [-0.2, -0.15) is 5.10 Å². The van der Waals surface area contributed by atoms with Crippen LogP contribution in [0.1, 0.15) is 49.9 Å². The van der Waals surface area contributed by atoms with Crippen LogP contribution in [0.4, 0.5) is 0 Å². The lowest BCUT2D eigenvalue weighted by atomic mass is 9.80. The minimum Gasteiger partial charge on any atom is -0.347 e. The van der Waals surface area contributed by atoms with E-state index in [-0.39, 0.29) is 18.4 Å². The minimum atomic E-state index is -0.170. The van der Waals surface area contributed by atoms with Crippen LogP contribution in [-0.2, 0) is 23.2 Å². The molecular weight excluding hydrogens is 330 g/mol. The molecule has 1 aromatic heterocycles. The first-order valence-corrected chi connectivity index (χ1v) is 9.42. The molecule has 0 aromatic carbocycles. The molecule has 1 N–H and O–H groups in total. The third-order valence-corrected chi connectivity index (χ3v) is 5.19. The number of carbonyl (C=O) groups is 2. The predicted molar refractivity (Wildman–Crippen MR) is 102 cm³/mol. The number of hydrogen-bond acceptors (Lipinski definition) is 4. The Balaban J connectivity index is 1.81. The SMILES string of the molecule is CC(=O)NCC(=O)N(C)CC1CCC(c2cc(CN(C)C)n(C)n2)CC1. The van der Waals surface area contributed by atoms with Gasteiger partial charge >= 0.3 is 0 Å². The summed E-state index contributed by atoms with van der Waals surface area (Å²) >= 11 is 0. The molecule has 146 valence electrons. The average molecular weight is 364 g/mol. The second-order valence-electron chi connectivity index (χ2n) is 7.82. The first-order chi connectivity index (χ1) is 12.3. The van der Waals surface area contributed by atoms with E-state index < -0.39 is 0 Å². The Morgan fingerprint density at radius 1 is 1.23 bits per heavy atom. The van der Waals surface area contributed by atoms with Crippen molar-refractivity contribution in [2.24, 2.45) is 13.0 Å². The lowest BCUT2D eigenvalue weighted by Crippen LogP contribution is -2.40. The second kappa shape index (κ2) is 9.16. The Morgan fingerprint density at radius 2 is 1.88 bits per heavy atom. The second-order valence-corrected chi connectivity index (χ2v) is 7.82. The molecule has 0 bridgehead atoms. The summed E-state index contributed by atoms with van der Waals surface area (Å²) in [5, 5.41) is 7.30. The van der Waals surface area contributed by atoms with Gasteiger partial charge in [-0.3, -0.25) is 14.3 Å². The van der Waals surface area contributed by atoms with Gasteiger partial charge in [0.15, 0.2) is 0 Å². The molecular formula is C19H33N5O2. The van der Waals surface area contributed by atoms with Gasteiger partial charge in [0.1, 0.15) is 0 Å². The zero-order valence-electron chi connectivity index (χ0n) is 16.8. The summed E-state index contributed by atoms with van der Waals surface area (Å²) in [4.78, 5) is 26.9. The van der Waals surface area contributed by atoms with Crippen molar-refractivity contribution >= 4 is 11.8 Å². The Hall–Kier alpha value is -1.89. The Labute approximate surface area is 156 Å². The molecule has 1 heterocycles. The van der Waals surface area contributed by atoms with Gasteiger partial charge in [0, 0.05) is 40.0 Å². The van der Waals surface area contributed by atoms with Gasteiger partial charge in [-0.15, -0.1) is 0 Å². The van der Waals surface area contributed by atoms with Crippen molar-refractivity contribution in [2.75, 3.05) is 34.2 Å². The van der Waals surface area contributed by atoms with Crippen molar-refractivity contribution in [1.82, 2.24) is 24.9 Å². The van der Waals surface area contributed by atoms with E-state index in [4.69, 9.17) is 5.10 Å². The van der Waals surface area contributed by atoms with Crippen molar-refractivity contribution < 1.29 is 9.59 Å². The van der Waals surface area contributed by atoms with Gasteiger partial charge < -0.3 is 15.1 Å². The van der Waals surface area contributed by atoms with E-state index >= 15 is 0 Å². The highest BCUT2D eigenvalue weighted by Gasteiger charge is 2.26. The van der Waals surface area contributed by atoms with Crippen LogP contribution >= 0.6 is 0 Å². The highest BCUT2D eigenvalue weighted by Crippen LogP contribution is 2.35. The Bertz CT molecular complexity index is 617. The first-order valence-electron chi connectivity index (χ1n) is 9.42. The van der Waals surface area contributed by atoms with Crippen molar-refractivity contribution in [3.63, 3.8) is 0 Å². The smallest absolute Gasteiger partial charge is 0.241 e. The number of nitrogens with one attached hydrogen (secondary N) is 1. The Kier molecular flexibility index (Phi) is 7.20. The molecule has 1 saturated carbocycles. The van der Waals surface area contributed by atoms with Crippen LogP contribution in [0.5, 0.6) is 0 Å². The normalized spacial score (nSPS) is 20.2. The molecule has 1 aromatic rings. The molecule has 0 unspecified atom stereocenters. The summed E-state index contributed by atoms with van der Waals surface area (Å²) in [5.41, 5.74) is 2.45. The predicted octanol–water partition coefficient (Wildman–Crippen LogP) is 1.35. The monoisotopic (exact) mass is 363 g/mol. The van der Waals surface area contributed by atoms with Crippen LogP contribution in [0, 0.1) is 5.92 Å². The largest absolute Gasteiger partial charge is 0.347 e. The molecule has 0 radical (unpaired) electrons. The first kappa shape index (κ1) is 20.4. The van der Waals surface area contributed by atoms with Gasteiger partial charge in [-0.25, -0.2) is 0 Å². The molecule has 2 amide bonds. The summed E-state index contributed by atoms with van der Waals surface area (Å²) in [6, 6.07) is 2.24. The van der Waals surface area contributed by atoms with E-state index in [1.54, 1.807) is 4.90 Å². The van der Waals surface area contributed by atoms with Gasteiger partial charge in [0.2, 0.25) is 11.8 Å². The van der Waals surface area contributed by atoms with Crippen molar-refractivity contribution in [3.05, 3.63) is 17.5 Å². The van der Waals surface area contributed by atoms with Crippen LogP contribution in [0.15, 0.2) is 6.07 Å². The summed E-state index contributed by atoms with van der Waals surface area (Å²) in [6.07, 6.45) is 4.47. The number of hydrogen-bond donors (Lipinski definition) is 1. The van der Waals surface area contributed by atoms with E-state index in [2.05, 4.69) is 30.4 Å². The van der Waals surface area contributed by atoms with Crippen LogP contribution in [0.3, 0.4) is 0 Å². The molecule has 0 atom stereocenters. The molecule has 1 fully saturated rings. The van der Waals surface area contributed by atoms with E-state index in [0.717, 1.165) is 38.8 Å². The highest BCUT2D eigenvalue weighted by atomic mass is 16.2. The number of aromatic nitrogens is 2. The van der Waals surface area contributed by atoms with Gasteiger partial charge in [-0.1, -0.05) is 0 Å². The van der Waals surface area contributed by atoms with Crippen LogP contribution < -0.4 is 5.32 Å². The maximum atomic E-state index is 12.0. The van der Waals surface area contributed by atoms with E-state index in [9.17, 15) is 9.59 Å². The van der Waals surface area contributed by atoms with E-state index in [1.807, 2.05) is 18.8 Å². The van der Waals surface area contributed by atoms with Gasteiger partial charge in [0.05, 0.1) is 17.9 Å². The van der Waals surface area contributed by atoms with E-state index in [0.29, 0.717) is 11.8 Å². The van der Waals surface area contributed by atoms with Gasteiger partial charge in [-0.05, 0) is 51.8 Å². The molecule has 26 heavy (non-hydrogen) atoms. The summed E-state index contributed by atoms with van der Waals surface area (Å²) < 4.78 is 2.00. The fourth-order valence-electron chi connectivity index (χ4n) is 3.67. The number of nitrogens with zero attached hydrogens (tertiary/aromatic N) is 4. The molecule has 7 heteroatoms. The topological polar surface area (TPSA) is 70.5 Å². The lowest BCUT2D eigenvalue weighted by Gasteiger charge is -2.30. The molecule has 2 rings (SSSR count). The van der Waals surface area contributed by atoms with Crippen LogP contribution in [0.25, 0.3) is 0 Å². The average Bonchev–Trinajstić information content (AvgIpc) is 2.93. The molecule has 1 aliphatic carbocycles. The number of rotatable bonds is 7. The maximum absolute atomic E-state index is 12.0. The number of likely N-dealkylation sites (N-methyl/N-ethyl adjacent to an activating group) is 1. The van der Waals surface area contributed by atoms with E-state index in [1.165, 1.54) is 18.3 Å². The number of amides is 2. The molecule has 0 saturated heterocycles. The van der Waals surface area contributed by atoms with Crippen molar-refractivity contribution in [2.45, 2.75) is 45.1 Å². The zero-order chi connectivity index (χ0) is 19.3. The van der Waals surface area contributed by atoms with Crippen molar-refractivity contribution in [3.8, 4) is 0 Å². The summed E-state index contributed by atoms with van der Waals surface area (Å²) in [5.74, 6) is 0.855. The highest BCUT2D eigenvalue weighted by molar-refractivity contribution is 5.83. The Morgan fingerprint density at radius 3 is 2.46 bits per heavy atom. The number of carbonyl (C=O) groups excluding carboxylic acids is 2. The van der Waals surface area contributed by atoms with Crippen LogP contribution in [-0.4, -0.2) is 65.6 Å². The minimum absolute atomic E-state index is 0.0274. The van der Waals surface area contributed by atoms with Gasteiger partial charge in [0.25, 0.3) is 0 Å².